The van der Waals surface area contributed by atoms with E-state index in [2.05, 4.69) is 10.5 Å². The second-order valence-corrected chi connectivity index (χ2v) is 7.02. The number of nitrogens with zero attached hydrogens (tertiary/aromatic N) is 2. The number of hydrogen-bond acceptors (Lipinski definition) is 4. The lowest BCUT2D eigenvalue weighted by atomic mass is 9.78. The number of urea groups is 1. The number of ether oxygens (including phenoxy) is 1. The van der Waals surface area contributed by atoms with Crippen molar-refractivity contribution < 1.29 is 14.1 Å². The lowest BCUT2D eigenvalue weighted by Gasteiger charge is -2.43. The molecule has 128 valence electrons. The van der Waals surface area contributed by atoms with Crippen LogP contribution in [0.15, 0.2) is 10.6 Å². The Kier molecular flexibility index (Phi) is 4.90. The van der Waals surface area contributed by atoms with Crippen LogP contribution in [-0.2, 0) is 11.3 Å². The first-order valence-electron chi connectivity index (χ1n) is 8.64. The maximum atomic E-state index is 12.4. The van der Waals surface area contributed by atoms with E-state index in [1.807, 2.05) is 13.0 Å². The zero-order chi connectivity index (χ0) is 16.3. The van der Waals surface area contributed by atoms with Crippen LogP contribution in [0.25, 0.3) is 0 Å². The smallest absolute Gasteiger partial charge is 0.317 e. The number of hydrogen-bond donors (Lipinski definition) is 1. The van der Waals surface area contributed by atoms with Gasteiger partial charge in [0.25, 0.3) is 0 Å². The maximum Gasteiger partial charge on any atom is 0.317 e. The van der Waals surface area contributed by atoms with E-state index in [0.29, 0.717) is 6.54 Å². The molecule has 1 aromatic heterocycles. The molecule has 1 aromatic rings. The van der Waals surface area contributed by atoms with Crippen LogP contribution in [0.3, 0.4) is 0 Å². The number of rotatable bonds is 3. The summed E-state index contributed by atoms with van der Waals surface area (Å²) in [6.07, 6.45) is 7.89. The molecule has 1 aliphatic heterocycles. The fourth-order valence-corrected chi connectivity index (χ4v) is 3.79. The average Bonchev–Trinajstić information content (AvgIpc) is 2.93. The number of carbonyl (C=O) groups is 1. The van der Waals surface area contributed by atoms with Gasteiger partial charge in [-0.2, -0.15) is 0 Å². The van der Waals surface area contributed by atoms with Crippen LogP contribution in [0.1, 0.15) is 56.4 Å². The van der Waals surface area contributed by atoms with Crippen molar-refractivity contribution in [3.8, 4) is 0 Å². The van der Waals surface area contributed by atoms with E-state index in [-0.39, 0.29) is 17.7 Å². The molecule has 0 aromatic carbocycles. The van der Waals surface area contributed by atoms with Gasteiger partial charge in [0.1, 0.15) is 11.5 Å². The molecule has 1 atom stereocenters. The number of aryl methyl sites for hydroxylation is 1. The SMILES string of the molecule is Cc1cc(CN(C)C(=O)NC2CCOC3(CCCCC3)C2)no1. The number of carbonyl (C=O) groups excluding carboxylic acids is 1. The summed E-state index contributed by atoms with van der Waals surface area (Å²) in [7, 11) is 1.79. The minimum atomic E-state index is -0.0523. The summed E-state index contributed by atoms with van der Waals surface area (Å²) in [4.78, 5) is 14.1. The molecule has 2 aliphatic rings. The summed E-state index contributed by atoms with van der Waals surface area (Å²) in [6, 6.07) is 2.01. The van der Waals surface area contributed by atoms with Crippen molar-refractivity contribution in [1.29, 1.82) is 0 Å². The van der Waals surface area contributed by atoms with Crippen molar-refractivity contribution >= 4 is 6.03 Å². The first kappa shape index (κ1) is 16.3. The molecule has 1 spiro atoms. The van der Waals surface area contributed by atoms with Crippen LogP contribution >= 0.6 is 0 Å². The van der Waals surface area contributed by atoms with Gasteiger partial charge in [-0.1, -0.05) is 24.4 Å². The third-order valence-electron chi connectivity index (χ3n) is 5.01. The van der Waals surface area contributed by atoms with E-state index in [1.165, 1.54) is 19.3 Å². The first-order chi connectivity index (χ1) is 11.1. The lowest BCUT2D eigenvalue weighted by molar-refractivity contribution is -0.108. The highest BCUT2D eigenvalue weighted by molar-refractivity contribution is 5.74. The molecule has 1 N–H and O–H groups in total. The first-order valence-corrected chi connectivity index (χ1v) is 8.64. The van der Waals surface area contributed by atoms with Gasteiger partial charge in [-0.15, -0.1) is 0 Å². The van der Waals surface area contributed by atoms with Gasteiger partial charge < -0.3 is 19.5 Å². The van der Waals surface area contributed by atoms with Gasteiger partial charge in [-0.05, 0) is 32.6 Å². The number of aromatic nitrogens is 1. The summed E-state index contributed by atoms with van der Waals surface area (Å²) in [6.45, 7) is 3.05. The van der Waals surface area contributed by atoms with E-state index in [1.54, 1.807) is 11.9 Å². The van der Waals surface area contributed by atoms with Crippen molar-refractivity contribution in [2.24, 2.45) is 0 Å². The predicted octanol–water partition coefficient (Wildman–Crippen LogP) is 3.01. The Morgan fingerprint density at radius 1 is 1.43 bits per heavy atom. The van der Waals surface area contributed by atoms with Crippen molar-refractivity contribution in [3.63, 3.8) is 0 Å². The van der Waals surface area contributed by atoms with Crippen molar-refractivity contribution in [3.05, 3.63) is 17.5 Å². The lowest BCUT2D eigenvalue weighted by Crippen LogP contribution is -2.51. The Balaban J connectivity index is 1.52. The highest BCUT2D eigenvalue weighted by Crippen LogP contribution is 2.38. The number of amides is 2. The summed E-state index contributed by atoms with van der Waals surface area (Å²) < 4.78 is 11.1. The Hall–Kier alpha value is -1.56. The van der Waals surface area contributed by atoms with Crippen molar-refractivity contribution in [2.75, 3.05) is 13.7 Å². The summed E-state index contributed by atoms with van der Waals surface area (Å²) in [5.74, 6) is 0.762. The van der Waals surface area contributed by atoms with Gasteiger partial charge in [0.15, 0.2) is 0 Å². The molecule has 1 unspecified atom stereocenters. The zero-order valence-electron chi connectivity index (χ0n) is 14.1. The van der Waals surface area contributed by atoms with E-state index in [4.69, 9.17) is 9.26 Å². The molecule has 23 heavy (non-hydrogen) atoms. The van der Waals surface area contributed by atoms with Crippen LogP contribution in [0.2, 0.25) is 0 Å². The van der Waals surface area contributed by atoms with Gasteiger partial charge in [0.2, 0.25) is 0 Å². The molecule has 2 amide bonds. The van der Waals surface area contributed by atoms with Gasteiger partial charge in [-0.3, -0.25) is 0 Å². The highest BCUT2D eigenvalue weighted by atomic mass is 16.5. The van der Waals surface area contributed by atoms with E-state index < -0.39 is 0 Å². The molecular formula is C17H27N3O3. The van der Waals surface area contributed by atoms with Crippen molar-refractivity contribution in [1.82, 2.24) is 15.4 Å². The molecule has 2 heterocycles. The van der Waals surface area contributed by atoms with Crippen LogP contribution in [-0.4, -0.2) is 41.4 Å². The number of nitrogens with one attached hydrogen (secondary N) is 1. The van der Waals surface area contributed by atoms with Gasteiger partial charge in [-0.25, -0.2) is 4.79 Å². The van der Waals surface area contributed by atoms with Crippen molar-refractivity contribution in [2.45, 2.75) is 70.1 Å². The van der Waals surface area contributed by atoms with Crippen LogP contribution in [0.4, 0.5) is 4.79 Å². The highest BCUT2D eigenvalue weighted by Gasteiger charge is 2.39. The summed E-state index contributed by atoms with van der Waals surface area (Å²) in [5.41, 5.74) is 0.784. The second-order valence-electron chi connectivity index (χ2n) is 7.02. The third-order valence-corrected chi connectivity index (χ3v) is 5.01. The minimum absolute atomic E-state index is 0.0102. The Morgan fingerprint density at radius 3 is 2.91 bits per heavy atom. The molecule has 2 fully saturated rings. The Labute approximate surface area is 137 Å². The van der Waals surface area contributed by atoms with E-state index >= 15 is 0 Å². The van der Waals surface area contributed by atoms with Crippen LogP contribution in [0.5, 0.6) is 0 Å². The van der Waals surface area contributed by atoms with Crippen LogP contribution in [0, 0.1) is 6.92 Å². The Bertz CT molecular complexity index is 531. The standard InChI is InChI=1S/C17H27N3O3/c1-13-10-15(19-23-13)12-20(2)16(21)18-14-6-9-22-17(11-14)7-4-3-5-8-17/h10,14H,3-9,11-12H2,1-2H3,(H,18,21). The molecule has 6 nitrogen and oxygen atoms in total. The van der Waals surface area contributed by atoms with Gasteiger partial charge >= 0.3 is 6.03 Å². The minimum Gasteiger partial charge on any atom is -0.375 e. The fourth-order valence-electron chi connectivity index (χ4n) is 3.79. The third kappa shape index (κ3) is 4.05. The van der Waals surface area contributed by atoms with Gasteiger partial charge in [0, 0.05) is 25.8 Å². The Morgan fingerprint density at radius 2 is 2.22 bits per heavy atom. The molecular weight excluding hydrogens is 294 g/mol. The van der Waals surface area contributed by atoms with E-state index in [9.17, 15) is 4.79 Å². The molecule has 0 bridgehead atoms. The molecule has 1 saturated heterocycles. The molecule has 3 rings (SSSR count). The second kappa shape index (κ2) is 6.91. The monoisotopic (exact) mass is 321 g/mol. The summed E-state index contributed by atoms with van der Waals surface area (Å²) in [5, 5.41) is 7.10. The van der Waals surface area contributed by atoms with Crippen LogP contribution < -0.4 is 5.32 Å². The quantitative estimate of drug-likeness (QED) is 0.929. The van der Waals surface area contributed by atoms with Gasteiger partial charge in [0.05, 0.1) is 12.1 Å². The molecule has 1 saturated carbocycles. The summed E-state index contributed by atoms with van der Waals surface area (Å²) >= 11 is 0. The average molecular weight is 321 g/mol. The largest absolute Gasteiger partial charge is 0.375 e. The van der Waals surface area contributed by atoms with E-state index in [0.717, 1.165) is 43.7 Å². The molecule has 1 aliphatic carbocycles. The fraction of sp³-hybridized carbons (Fsp3) is 0.765. The maximum absolute atomic E-state index is 12.4. The molecule has 6 heteroatoms. The topological polar surface area (TPSA) is 67.6 Å². The zero-order valence-corrected chi connectivity index (χ0v) is 14.1. The predicted molar refractivity (Wildman–Crippen MR) is 86.0 cm³/mol. The molecule has 0 radical (unpaired) electrons. The normalized spacial score (nSPS) is 23.7.